The SMILES string of the molecule is CN(C)C[C@H]1CCCC[C@]1(OC(=O)c1cccc(C(=O)O)c1)c1cccc(OC(=O)c2cc([N+](=O)[O-])ccc2O)c1. The number of hydrogen-bond donors (Lipinski definition) is 2. The summed E-state index contributed by atoms with van der Waals surface area (Å²) in [5.74, 6) is -3.34. The first-order chi connectivity index (χ1) is 19.5. The number of carbonyl (C=O) groups is 3. The fourth-order valence-electron chi connectivity index (χ4n) is 5.26. The van der Waals surface area contributed by atoms with Gasteiger partial charge in [0.25, 0.3) is 5.69 Å². The van der Waals surface area contributed by atoms with Crippen LogP contribution in [0.15, 0.2) is 66.7 Å². The normalized spacial score (nSPS) is 18.5. The number of carboxylic acids is 1. The smallest absolute Gasteiger partial charge is 0.347 e. The number of carboxylic acid groups (broad SMARTS) is 1. The minimum atomic E-state index is -1.16. The minimum absolute atomic E-state index is 0.0414. The summed E-state index contributed by atoms with van der Waals surface area (Å²) in [7, 11) is 3.84. The van der Waals surface area contributed by atoms with E-state index in [1.54, 1.807) is 18.2 Å². The second kappa shape index (κ2) is 12.2. The molecule has 0 unspecified atom stereocenters. The number of ether oxygens (including phenoxy) is 2. The molecule has 0 saturated heterocycles. The Morgan fingerprint density at radius 2 is 1.73 bits per heavy atom. The zero-order chi connectivity index (χ0) is 29.7. The second-order valence-corrected chi connectivity index (χ2v) is 10.2. The number of hydrogen-bond acceptors (Lipinski definition) is 9. The molecule has 2 N–H and O–H groups in total. The molecule has 0 amide bonds. The van der Waals surface area contributed by atoms with Crippen molar-refractivity contribution in [3.8, 4) is 11.5 Å². The predicted octanol–water partition coefficient (Wildman–Crippen LogP) is 5.02. The molecule has 0 spiro atoms. The Labute approximate surface area is 236 Å². The van der Waals surface area contributed by atoms with Crippen molar-refractivity contribution in [2.75, 3.05) is 20.6 Å². The molecule has 1 aliphatic carbocycles. The van der Waals surface area contributed by atoms with Crippen molar-refractivity contribution in [3.05, 3.63) is 99.1 Å². The maximum absolute atomic E-state index is 13.5. The number of nitro groups is 1. The molecule has 3 aromatic carbocycles. The second-order valence-electron chi connectivity index (χ2n) is 10.2. The monoisotopic (exact) mass is 562 g/mol. The van der Waals surface area contributed by atoms with Gasteiger partial charge < -0.3 is 24.6 Å². The Balaban J connectivity index is 1.71. The number of benzene rings is 3. The number of nitrogens with zero attached hydrogens (tertiary/aromatic N) is 2. The molecular formula is C30H30N2O9. The fraction of sp³-hybridized carbons (Fsp3) is 0.300. The summed E-state index contributed by atoms with van der Waals surface area (Å²) in [5.41, 5.74) is -1.22. The molecule has 1 fully saturated rings. The van der Waals surface area contributed by atoms with Crippen LogP contribution in [0.3, 0.4) is 0 Å². The topological polar surface area (TPSA) is 157 Å². The van der Waals surface area contributed by atoms with E-state index in [0.29, 0.717) is 18.5 Å². The lowest BCUT2D eigenvalue weighted by Crippen LogP contribution is -2.46. The van der Waals surface area contributed by atoms with Gasteiger partial charge in [0.2, 0.25) is 0 Å². The summed E-state index contributed by atoms with van der Waals surface area (Å²) >= 11 is 0. The zero-order valence-electron chi connectivity index (χ0n) is 22.6. The highest BCUT2D eigenvalue weighted by Crippen LogP contribution is 2.46. The third-order valence-corrected chi connectivity index (χ3v) is 7.16. The lowest BCUT2D eigenvalue weighted by molar-refractivity contribution is -0.384. The summed E-state index contributed by atoms with van der Waals surface area (Å²) in [6.45, 7) is 0.591. The van der Waals surface area contributed by atoms with E-state index in [4.69, 9.17) is 9.47 Å². The summed E-state index contributed by atoms with van der Waals surface area (Å²) in [5, 5.41) is 30.6. The lowest BCUT2D eigenvalue weighted by atomic mass is 9.71. The number of non-ortho nitro benzene ring substituents is 1. The van der Waals surface area contributed by atoms with Gasteiger partial charge in [0.15, 0.2) is 0 Å². The molecule has 0 radical (unpaired) electrons. The zero-order valence-corrected chi connectivity index (χ0v) is 22.6. The first-order valence-corrected chi connectivity index (χ1v) is 13.0. The Morgan fingerprint density at radius 3 is 2.44 bits per heavy atom. The van der Waals surface area contributed by atoms with Gasteiger partial charge in [-0.15, -0.1) is 0 Å². The third kappa shape index (κ3) is 6.52. The molecule has 1 aliphatic rings. The lowest BCUT2D eigenvalue weighted by Gasteiger charge is -2.45. The molecule has 0 heterocycles. The number of esters is 2. The van der Waals surface area contributed by atoms with Crippen molar-refractivity contribution in [3.63, 3.8) is 0 Å². The Kier molecular flexibility index (Phi) is 8.68. The Bertz CT molecular complexity index is 1490. The van der Waals surface area contributed by atoms with Crippen LogP contribution in [0.5, 0.6) is 11.5 Å². The number of aromatic carboxylic acids is 1. The maximum Gasteiger partial charge on any atom is 0.347 e. The van der Waals surface area contributed by atoms with E-state index in [-0.39, 0.29) is 34.0 Å². The van der Waals surface area contributed by atoms with Gasteiger partial charge in [0, 0.05) is 24.6 Å². The van der Waals surface area contributed by atoms with Crippen LogP contribution in [0.25, 0.3) is 0 Å². The number of phenols is 1. The molecule has 41 heavy (non-hydrogen) atoms. The van der Waals surface area contributed by atoms with E-state index in [1.807, 2.05) is 19.0 Å². The Hall–Kier alpha value is -4.77. The van der Waals surface area contributed by atoms with Crippen molar-refractivity contribution in [1.29, 1.82) is 0 Å². The van der Waals surface area contributed by atoms with Crippen LogP contribution in [0.4, 0.5) is 5.69 Å². The van der Waals surface area contributed by atoms with E-state index in [2.05, 4.69) is 0 Å². The predicted molar refractivity (Wildman–Crippen MR) is 147 cm³/mol. The fourth-order valence-corrected chi connectivity index (χ4v) is 5.26. The van der Waals surface area contributed by atoms with Gasteiger partial charge in [-0.1, -0.05) is 24.6 Å². The molecule has 2 atom stereocenters. The van der Waals surface area contributed by atoms with Gasteiger partial charge in [0.1, 0.15) is 22.7 Å². The largest absolute Gasteiger partial charge is 0.507 e. The van der Waals surface area contributed by atoms with Crippen molar-refractivity contribution < 1.29 is 39.0 Å². The molecule has 11 nitrogen and oxygen atoms in total. The van der Waals surface area contributed by atoms with E-state index in [9.17, 15) is 34.7 Å². The van der Waals surface area contributed by atoms with Crippen LogP contribution >= 0.6 is 0 Å². The van der Waals surface area contributed by atoms with Gasteiger partial charge in [-0.3, -0.25) is 10.1 Å². The van der Waals surface area contributed by atoms with Crippen LogP contribution in [0.1, 0.15) is 62.3 Å². The molecule has 11 heteroatoms. The first kappa shape index (κ1) is 29.2. The standard InChI is InChI=1S/C30H30N2O9/c1-31(2)18-22-9-3-4-14-30(22,41-28(36)20-8-5-7-19(15-20)27(34)35)21-10-6-11-24(16-21)40-29(37)25-17-23(32(38)39)12-13-26(25)33/h5-8,10-13,15-17,22,33H,3-4,9,14,18H2,1-2H3,(H,34,35)/t22-,30+/m1/s1. The summed E-state index contributed by atoms with van der Waals surface area (Å²) in [6, 6.07) is 15.2. The van der Waals surface area contributed by atoms with E-state index in [1.165, 1.54) is 30.3 Å². The Morgan fingerprint density at radius 1 is 1.00 bits per heavy atom. The highest BCUT2D eigenvalue weighted by Gasteiger charge is 2.46. The molecule has 1 saturated carbocycles. The first-order valence-electron chi connectivity index (χ1n) is 13.0. The number of rotatable bonds is 9. The van der Waals surface area contributed by atoms with Crippen molar-refractivity contribution in [2.24, 2.45) is 5.92 Å². The van der Waals surface area contributed by atoms with Crippen LogP contribution in [-0.2, 0) is 10.3 Å². The van der Waals surface area contributed by atoms with Crippen molar-refractivity contribution in [1.82, 2.24) is 4.90 Å². The number of carbonyl (C=O) groups excluding carboxylic acids is 2. The number of nitro benzene ring substituents is 1. The van der Waals surface area contributed by atoms with E-state index in [0.717, 1.165) is 37.5 Å². The van der Waals surface area contributed by atoms with Gasteiger partial charge in [-0.25, -0.2) is 14.4 Å². The van der Waals surface area contributed by atoms with E-state index < -0.39 is 34.2 Å². The van der Waals surface area contributed by atoms with Gasteiger partial charge in [-0.2, -0.15) is 0 Å². The van der Waals surface area contributed by atoms with E-state index >= 15 is 0 Å². The quantitative estimate of drug-likeness (QED) is 0.157. The van der Waals surface area contributed by atoms with Gasteiger partial charge in [0.05, 0.1) is 16.1 Å². The molecule has 0 aliphatic heterocycles. The average Bonchev–Trinajstić information content (AvgIpc) is 2.94. The van der Waals surface area contributed by atoms with Crippen LogP contribution in [0.2, 0.25) is 0 Å². The van der Waals surface area contributed by atoms with Crippen LogP contribution in [-0.4, -0.2) is 58.6 Å². The van der Waals surface area contributed by atoms with Crippen LogP contribution in [0, 0.1) is 16.0 Å². The molecule has 214 valence electrons. The van der Waals surface area contributed by atoms with Gasteiger partial charge in [-0.05, 0) is 75.3 Å². The molecule has 0 bridgehead atoms. The molecule has 0 aromatic heterocycles. The maximum atomic E-state index is 13.5. The highest BCUT2D eigenvalue weighted by molar-refractivity contribution is 5.95. The molecular weight excluding hydrogens is 532 g/mol. The van der Waals surface area contributed by atoms with Gasteiger partial charge >= 0.3 is 17.9 Å². The summed E-state index contributed by atoms with van der Waals surface area (Å²) < 4.78 is 11.8. The number of phenolic OH excluding ortho intramolecular Hbond substituents is 1. The summed E-state index contributed by atoms with van der Waals surface area (Å²) in [6.07, 6.45) is 2.93. The molecule has 3 aromatic rings. The average molecular weight is 563 g/mol. The summed E-state index contributed by atoms with van der Waals surface area (Å²) in [4.78, 5) is 50.3. The van der Waals surface area contributed by atoms with Crippen LogP contribution < -0.4 is 4.74 Å². The highest BCUT2D eigenvalue weighted by atomic mass is 16.6. The number of aromatic hydroxyl groups is 1. The van der Waals surface area contributed by atoms with Crippen molar-refractivity contribution in [2.45, 2.75) is 31.3 Å². The molecule has 4 rings (SSSR count). The third-order valence-electron chi connectivity index (χ3n) is 7.16. The van der Waals surface area contributed by atoms with Crippen molar-refractivity contribution >= 4 is 23.6 Å². The minimum Gasteiger partial charge on any atom is -0.507 e.